The standard InChI is InChI=1S/C17H23N3O4/c21-17(13-24-16-7-5-14(6-8-16)20(22)23)19-11-3-4-15(12-19)18-9-1-2-10-18/h5-8,15H,1-4,9-13H2/t15-/m0/s1. The maximum absolute atomic E-state index is 12.4. The molecule has 0 aromatic heterocycles. The van der Waals surface area contributed by atoms with Crippen molar-refractivity contribution in [1.29, 1.82) is 0 Å². The van der Waals surface area contributed by atoms with Crippen molar-refractivity contribution in [2.45, 2.75) is 31.7 Å². The number of ether oxygens (including phenoxy) is 1. The van der Waals surface area contributed by atoms with Crippen LogP contribution in [0.5, 0.6) is 5.75 Å². The van der Waals surface area contributed by atoms with Gasteiger partial charge in [0.2, 0.25) is 0 Å². The van der Waals surface area contributed by atoms with Crippen molar-refractivity contribution < 1.29 is 14.5 Å². The summed E-state index contributed by atoms with van der Waals surface area (Å²) in [4.78, 5) is 26.9. The van der Waals surface area contributed by atoms with Crippen molar-refractivity contribution in [2.24, 2.45) is 0 Å². The van der Waals surface area contributed by atoms with Crippen LogP contribution >= 0.6 is 0 Å². The molecule has 130 valence electrons. The molecule has 0 radical (unpaired) electrons. The van der Waals surface area contributed by atoms with Gasteiger partial charge in [-0.25, -0.2) is 0 Å². The first-order valence-electron chi connectivity index (χ1n) is 8.52. The first-order chi connectivity index (χ1) is 11.6. The Bertz CT molecular complexity index is 584. The molecule has 24 heavy (non-hydrogen) atoms. The van der Waals surface area contributed by atoms with Gasteiger partial charge in [0.1, 0.15) is 5.75 Å². The highest BCUT2D eigenvalue weighted by molar-refractivity contribution is 5.78. The van der Waals surface area contributed by atoms with Crippen LogP contribution in [-0.4, -0.2) is 59.5 Å². The van der Waals surface area contributed by atoms with Crippen molar-refractivity contribution in [3.8, 4) is 5.75 Å². The van der Waals surface area contributed by atoms with Crippen molar-refractivity contribution in [3.05, 3.63) is 34.4 Å². The molecule has 0 saturated carbocycles. The Kier molecular flexibility index (Phi) is 5.30. The molecule has 1 atom stereocenters. The summed E-state index contributed by atoms with van der Waals surface area (Å²) in [5.74, 6) is 0.458. The van der Waals surface area contributed by atoms with E-state index in [1.807, 2.05) is 4.90 Å². The first-order valence-corrected chi connectivity index (χ1v) is 8.52. The quantitative estimate of drug-likeness (QED) is 0.609. The number of nitro benzene ring substituents is 1. The molecule has 1 amide bonds. The molecule has 0 bridgehead atoms. The molecule has 2 heterocycles. The van der Waals surface area contributed by atoms with Gasteiger partial charge in [-0.3, -0.25) is 19.8 Å². The number of hydrogen-bond acceptors (Lipinski definition) is 5. The lowest BCUT2D eigenvalue weighted by molar-refractivity contribution is -0.384. The molecule has 7 heteroatoms. The molecule has 0 spiro atoms. The third-order valence-electron chi connectivity index (χ3n) is 4.82. The van der Waals surface area contributed by atoms with Crippen LogP contribution in [0.4, 0.5) is 5.69 Å². The molecule has 7 nitrogen and oxygen atoms in total. The monoisotopic (exact) mass is 333 g/mol. The number of rotatable bonds is 5. The van der Waals surface area contributed by atoms with Crippen LogP contribution in [0.3, 0.4) is 0 Å². The number of hydrogen-bond donors (Lipinski definition) is 0. The highest BCUT2D eigenvalue weighted by Gasteiger charge is 2.29. The Morgan fingerprint density at radius 2 is 1.88 bits per heavy atom. The predicted molar refractivity (Wildman–Crippen MR) is 89.0 cm³/mol. The Balaban J connectivity index is 1.49. The van der Waals surface area contributed by atoms with Gasteiger partial charge in [0, 0.05) is 31.3 Å². The van der Waals surface area contributed by atoms with Gasteiger partial charge in [-0.1, -0.05) is 0 Å². The van der Waals surface area contributed by atoms with Crippen LogP contribution in [0.2, 0.25) is 0 Å². The lowest BCUT2D eigenvalue weighted by Crippen LogP contribution is -2.50. The number of benzene rings is 1. The number of amides is 1. The van der Waals surface area contributed by atoms with Gasteiger partial charge in [-0.2, -0.15) is 0 Å². The van der Waals surface area contributed by atoms with Crippen molar-refractivity contribution in [1.82, 2.24) is 9.80 Å². The minimum atomic E-state index is -0.457. The second-order valence-corrected chi connectivity index (χ2v) is 6.42. The number of nitro groups is 1. The third kappa shape index (κ3) is 4.03. The van der Waals surface area contributed by atoms with Gasteiger partial charge in [0.15, 0.2) is 6.61 Å². The number of carbonyl (C=O) groups excluding carboxylic acids is 1. The maximum atomic E-state index is 12.4. The Morgan fingerprint density at radius 3 is 2.54 bits per heavy atom. The number of likely N-dealkylation sites (tertiary alicyclic amines) is 2. The Morgan fingerprint density at radius 1 is 1.17 bits per heavy atom. The molecular formula is C17H23N3O4. The summed E-state index contributed by atoms with van der Waals surface area (Å²) in [6, 6.07) is 6.28. The van der Waals surface area contributed by atoms with Gasteiger partial charge < -0.3 is 9.64 Å². The largest absolute Gasteiger partial charge is 0.484 e. The predicted octanol–water partition coefficient (Wildman–Crippen LogP) is 2.06. The van der Waals surface area contributed by atoms with Crippen LogP contribution in [-0.2, 0) is 4.79 Å². The van der Waals surface area contributed by atoms with E-state index in [2.05, 4.69) is 4.90 Å². The van der Waals surface area contributed by atoms with E-state index < -0.39 is 4.92 Å². The second-order valence-electron chi connectivity index (χ2n) is 6.42. The fourth-order valence-corrected chi connectivity index (χ4v) is 3.49. The number of non-ortho nitro benzene ring substituents is 1. The highest BCUT2D eigenvalue weighted by atomic mass is 16.6. The van der Waals surface area contributed by atoms with Gasteiger partial charge in [0.25, 0.3) is 11.6 Å². The molecule has 2 fully saturated rings. The van der Waals surface area contributed by atoms with Crippen LogP contribution in [0.25, 0.3) is 0 Å². The van der Waals surface area contributed by atoms with E-state index in [1.165, 1.54) is 37.1 Å². The smallest absolute Gasteiger partial charge is 0.269 e. The zero-order valence-electron chi connectivity index (χ0n) is 13.7. The van der Waals surface area contributed by atoms with Gasteiger partial charge in [0.05, 0.1) is 4.92 Å². The summed E-state index contributed by atoms with van der Waals surface area (Å²) < 4.78 is 5.49. The average Bonchev–Trinajstić information content (AvgIpc) is 3.15. The SMILES string of the molecule is O=C(COc1ccc([N+](=O)[O-])cc1)N1CCC[C@H](N2CCCC2)C1. The minimum Gasteiger partial charge on any atom is -0.484 e. The van der Waals surface area contributed by atoms with Crippen LogP contribution in [0.1, 0.15) is 25.7 Å². The zero-order valence-corrected chi connectivity index (χ0v) is 13.7. The third-order valence-corrected chi connectivity index (χ3v) is 4.82. The van der Waals surface area contributed by atoms with Gasteiger partial charge in [-0.15, -0.1) is 0 Å². The molecule has 3 rings (SSSR count). The molecule has 0 aliphatic carbocycles. The van der Waals surface area contributed by atoms with E-state index in [4.69, 9.17) is 4.74 Å². The lowest BCUT2D eigenvalue weighted by atomic mass is 10.0. The van der Waals surface area contributed by atoms with Crippen LogP contribution in [0.15, 0.2) is 24.3 Å². The summed E-state index contributed by atoms with van der Waals surface area (Å²) >= 11 is 0. The van der Waals surface area contributed by atoms with Crippen molar-refractivity contribution in [3.63, 3.8) is 0 Å². The van der Waals surface area contributed by atoms with E-state index in [0.717, 1.165) is 39.0 Å². The lowest BCUT2D eigenvalue weighted by Gasteiger charge is -2.37. The molecule has 1 aromatic rings. The van der Waals surface area contributed by atoms with E-state index >= 15 is 0 Å². The summed E-state index contributed by atoms with van der Waals surface area (Å²) in [5.41, 5.74) is 0.0122. The van der Waals surface area contributed by atoms with Gasteiger partial charge in [-0.05, 0) is 50.9 Å². The molecule has 2 aliphatic rings. The fourth-order valence-electron chi connectivity index (χ4n) is 3.49. The van der Waals surface area contributed by atoms with E-state index in [9.17, 15) is 14.9 Å². The minimum absolute atomic E-state index is 0.0122. The average molecular weight is 333 g/mol. The summed E-state index contributed by atoms with van der Waals surface area (Å²) in [6.45, 7) is 3.83. The summed E-state index contributed by atoms with van der Waals surface area (Å²) in [7, 11) is 0. The molecule has 1 aromatic carbocycles. The molecular weight excluding hydrogens is 310 g/mol. The van der Waals surface area contributed by atoms with Gasteiger partial charge >= 0.3 is 0 Å². The number of piperidine rings is 1. The number of nitrogens with zero attached hydrogens (tertiary/aromatic N) is 3. The van der Waals surface area contributed by atoms with Crippen LogP contribution < -0.4 is 4.74 Å². The van der Waals surface area contributed by atoms with E-state index in [1.54, 1.807) is 0 Å². The van der Waals surface area contributed by atoms with E-state index in [-0.39, 0.29) is 18.2 Å². The van der Waals surface area contributed by atoms with Crippen molar-refractivity contribution >= 4 is 11.6 Å². The molecule has 0 unspecified atom stereocenters. The van der Waals surface area contributed by atoms with Crippen molar-refractivity contribution in [2.75, 3.05) is 32.8 Å². The topological polar surface area (TPSA) is 75.9 Å². The fraction of sp³-hybridized carbons (Fsp3) is 0.588. The normalized spacial score (nSPS) is 21.7. The summed E-state index contributed by atoms with van der Waals surface area (Å²) in [5, 5.41) is 10.6. The maximum Gasteiger partial charge on any atom is 0.269 e. The molecule has 2 saturated heterocycles. The number of carbonyl (C=O) groups is 1. The summed E-state index contributed by atoms with van der Waals surface area (Å²) in [6.07, 6.45) is 4.71. The molecule has 2 aliphatic heterocycles. The first kappa shape index (κ1) is 16.7. The second kappa shape index (κ2) is 7.61. The Labute approximate surface area is 141 Å². The van der Waals surface area contributed by atoms with Crippen LogP contribution in [0, 0.1) is 10.1 Å². The van der Waals surface area contributed by atoms with E-state index in [0.29, 0.717) is 11.8 Å². The molecule has 0 N–H and O–H groups in total. The zero-order chi connectivity index (χ0) is 16.9. The Hall–Kier alpha value is -2.15. The highest BCUT2D eigenvalue weighted by Crippen LogP contribution is 2.21.